The van der Waals surface area contributed by atoms with Gasteiger partial charge in [0.05, 0.1) is 5.41 Å². The van der Waals surface area contributed by atoms with Crippen molar-refractivity contribution >= 4 is 20.9 Å². The molecule has 0 radical (unpaired) electrons. The molecule has 0 heterocycles. The number of ketones is 1. The van der Waals surface area contributed by atoms with E-state index in [1.807, 2.05) is 53.7 Å². The Kier molecular flexibility index (Phi) is 9.21. The molecule has 3 unspecified atom stereocenters. The first kappa shape index (κ1) is 23.5. The zero-order valence-electron chi connectivity index (χ0n) is 16.5. The summed E-state index contributed by atoms with van der Waals surface area (Å²) in [5.41, 5.74) is 2.64. The van der Waals surface area contributed by atoms with Crippen molar-refractivity contribution in [3.63, 3.8) is 0 Å². The summed E-state index contributed by atoms with van der Waals surface area (Å²) in [5, 5.41) is 9.81. The highest BCUT2D eigenvalue weighted by Crippen LogP contribution is 2.40. The molecule has 0 aliphatic heterocycles. The molecule has 4 nitrogen and oxygen atoms in total. The molecule has 0 fully saturated rings. The third kappa shape index (κ3) is 5.22. The van der Waals surface area contributed by atoms with Crippen LogP contribution in [0.1, 0.15) is 67.6 Å². The lowest BCUT2D eigenvalue weighted by molar-refractivity contribution is -0.152. The predicted octanol–water partition coefficient (Wildman–Crippen LogP) is 5.16. The minimum absolute atomic E-state index is 0.0322. The second kappa shape index (κ2) is 9.82. The number of carboxylic acids is 1. The third-order valence-corrected chi connectivity index (χ3v) is 4.82. The van der Waals surface area contributed by atoms with E-state index < -0.39 is 17.3 Å². The van der Waals surface area contributed by atoms with Gasteiger partial charge in [0.1, 0.15) is 0 Å². The summed E-state index contributed by atoms with van der Waals surface area (Å²) in [5.74, 6) is -1.47. The Labute approximate surface area is 153 Å². The van der Waals surface area contributed by atoms with Crippen molar-refractivity contribution in [1.29, 1.82) is 0 Å². The maximum absolute atomic E-state index is 13.3. The monoisotopic (exact) mass is 367 g/mol. The zero-order chi connectivity index (χ0) is 19.9. The van der Waals surface area contributed by atoms with Gasteiger partial charge in [-0.3, -0.25) is 9.59 Å². The lowest BCUT2D eigenvalue weighted by atomic mass is 9.65. The highest BCUT2D eigenvalue weighted by atomic mass is 31.0. The first-order valence-corrected chi connectivity index (χ1v) is 9.12. The fourth-order valence-electron chi connectivity index (χ4n) is 3.97. The van der Waals surface area contributed by atoms with Gasteiger partial charge < -0.3 is 5.11 Å². The standard InChI is InChI=1S/C20H30O3.H2OP/c1-8-9-20(7,19(22)23)17(12(2)3)18(21)16-14(5)10-13(4)11-15(16)6;1-2/h10-12,17H,8-9H2,1-7H3,(H,22,23);2H2/q;+1. The molecule has 1 aromatic carbocycles. The van der Waals surface area contributed by atoms with E-state index in [-0.39, 0.29) is 11.7 Å². The third-order valence-electron chi connectivity index (χ3n) is 4.82. The molecule has 1 N–H and O–H groups in total. The largest absolute Gasteiger partial charge is 0.481 e. The van der Waals surface area contributed by atoms with Crippen LogP contribution in [0.3, 0.4) is 0 Å². The number of aliphatic carboxylic acids is 1. The van der Waals surface area contributed by atoms with Gasteiger partial charge in [-0.15, -0.1) is 0 Å². The predicted molar refractivity (Wildman–Crippen MR) is 104 cm³/mol. The molecule has 0 spiro atoms. The van der Waals surface area contributed by atoms with Crippen LogP contribution < -0.4 is 0 Å². The number of benzene rings is 1. The van der Waals surface area contributed by atoms with Crippen molar-refractivity contribution < 1.29 is 19.3 Å². The van der Waals surface area contributed by atoms with Gasteiger partial charge in [0.15, 0.2) is 5.78 Å². The van der Waals surface area contributed by atoms with Crippen LogP contribution in [-0.4, -0.2) is 16.9 Å². The van der Waals surface area contributed by atoms with E-state index in [1.54, 1.807) is 6.92 Å². The lowest BCUT2D eigenvalue weighted by Crippen LogP contribution is -2.43. The van der Waals surface area contributed by atoms with Crippen LogP contribution in [0.25, 0.3) is 0 Å². The summed E-state index contributed by atoms with van der Waals surface area (Å²) in [4.78, 5) is 25.3. The van der Waals surface area contributed by atoms with Crippen molar-refractivity contribution in [2.75, 3.05) is 0 Å². The first-order chi connectivity index (χ1) is 11.6. The molecule has 25 heavy (non-hydrogen) atoms. The van der Waals surface area contributed by atoms with Crippen LogP contribution in [0.15, 0.2) is 12.1 Å². The van der Waals surface area contributed by atoms with Gasteiger partial charge in [-0.2, -0.15) is 0 Å². The van der Waals surface area contributed by atoms with E-state index in [1.165, 1.54) is 9.12 Å². The van der Waals surface area contributed by atoms with E-state index in [0.717, 1.165) is 23.1 Å². The summed E-state index contributed by atoms with van der Waals surface area (Å²) in [7, 11) is 1.17. The second-order valence-corrected chi connectivity index (χ2v) is 7.33. The maximum atomic E-state index is 13.3. The van der Waals surface area contributed by atoms with Gasteiger partial charge >= 0.3 is 15.1 Å². The average molecular weight is 367 g/mol. The minimum atomic E-state index is -1.04. The number of rotatable bonds is 7. The second-order valence-electron chi connectivity index (χ2n) is 7.33. The zero-order valence-corrected chi connectivity index (χ0v) is 17.6. The molecule has 0 aliphatic rings. The molecular weight excluding hydrogens is 335 g/mol. The van der Waals surface area contributed by atoms with Crippen LogP contribution in [0.2, 0.25) is 0 Å². The number of carboxylic acid groups (broad SMARTS) is 1. The van der Waals surface area contributed by atoms with Gasteiger partial charge in [-0.05, 0) is 51.2 Å². The van der Waals surface area contributed by atoms with E-state index in [4.69, 9.17) is 4.57 Å². The average Bonchev–Trinajstić information content (AvgIpc) is 2.47. The summed E-state index contributed by atoms with van der Waals surface area (Å²) >= 11 is 0. The van der Waals surface area contributed by atoms with Crippen LogP contribution >= 0.6 is 9.12 Å². The Hall–Kier alpha value is -1.54. The van der Waals surface area contributed by atoms with E-state index in [9.17, 15) is 14.7 Å². The molecule has 1 aromatic rings. The molecule has 0 bridgehead atoms. The van der Waals surface area contributed by atoms with Gasteiger partial charge in [-0.1, -0.05) is 49.5 Å². The summed E-state index contributed by atoms with van der Waals surface area (Å²) in [6.07, 6.45) is 1.24. The Balaban J connectivity index is 0.00000277. The van der Waals surface area contributed by atoms with E-state index >= 15 is 0 Å². The molecule has 1 rings (SSSR count). The Bertz CT molecular complexity index is 601. The SMILES string of the molecule is CCCC(C)(C(=O)O)C(C(=O)c1c(C)cc(C)cc1C)C(C)C.O=[PH2+]. The van der Waals surface area contributed by atoms with Crippen LogP contribution in [0.4, 0.5) is 0 Å². The number of aryl methyl sites for hydroxylation is 3. The highest BCUT2D eigenvalue weighted by molar-refractivity contribution is 7.00. The number of hydrogen-bond acceptors (Lipinski definition) is 3. The van der Waals surface area contributed by atoms with Gasteiger partial charge in [0.2, 0.25) is 0 Å². The van der Waals surface area contributed by atoms with E-state index in [2.05, 4.69) is 0 Å². The van der Waals surface area contributed by atoms with Crippen LogP contribution in [0, 0.1) is 38.0 Å². The quantitative estimate of drug-likeness (QED) is 0.533. The van der Waals surface area contributed by atoms with Crippen molar-refractivity contribution in [3.8, 4) is 0 Å². The fourth-order valence-corrected chi connectivity index (χ4v) is 3.97. The Morgan fingerprint density at radius 3 is 1.88 bits per heavy atom. The maximum Gasteiger partial charge on any atom is 0.310 e. The number of carbonyl (C=O) groups excluding carboxylic acids is 1. The molecule has 140 valence electrons. The molecule has 5 heteroatoms. The molecule has 0 saturated carbocycles. The molecule has 0 saturated heterocycles. The van der Waals surface area contributed by atoms with Crippen LogP contribution in [0.5, 0.6) is 0 Å². The Morgan fingerprint density at radius 1 is 1.12 bits per heavy atom. The van der Waals surface area contributed by atoms with Crippen molar-refractivity contribution in [2.24, 2.45) is 17.3 Å². The van der Waals surface area contributed by atoms with Gasteiger partial charge in [0, 0.05) is 11.5 Å². The number of hydrogen-bond donors (Lipinski definition) is 1. The summed E-state index contributed by atoms with van der Waals surface area (Å²) < 4.78 is 8.17. The van der Waals surface area contributed by atoms with Crippen LogP contribution in [-0.2, 0) is 9.36 Å². The smallest absolute Gasteiger partial charge is 0.310 e. The fraction of sp³-hybridized carbons (Fsp3) is 0.600. The molecule has 3 atom stereocenters. The summed E-state index contributed by atoms with van der Waals surface area (Å²) in [6.45, 7) is 13.4. The minimum Gasteiger partial charge on any atom is -0.481 e. The molecule has 0 amide bonds. The Morgan fingerprint density at radius 2 is 1.56 bits per heavy atom. The van der Waals surface area contributed by atoms with Crippen molar-refractivity contribution in [3.05, 3.63) is 34.4 Å². The topological polar surface area (TPSA) is 71.4 Å². The molecular formula is C20H32O4P+. The highest BCUT2D eigenvalue weighted by Gasteiger charge is 2.46. The molecule has 0 aromatic heterocycles. The van der Waals surface area contributed by atoms with Crippen molar-refractivity contribution in [1.82, 2.24) is 0 Å². The normalized spacial score (nSPS) is 14.2. The number of carbonyl (C=O) groups is 2. The number of Topliss-reactive ketones (excluding diaryl/α,β-unsaturated/α-hetero) is 1. The van der Waals surface area contributed by atoms with E-state index in [0.29, 0.717) is 12.0 Å². The van der Waals surface area contributed by atoms with Gasteiger partial charge in [-0.25, -0.2) is 0 Å². The lowest BCUT2D eigenvalue weighted by Gasteiger charge is -2.36. The van der Waals surface area contributed by atoms with Gasteiger partial charge in [0.25, 0.3) is 0 Å². The summed E-state index contributed by atoms with van der Waals surface area (Å²) in [6, 6.07) is 3.99. The molecule has 0 aliphatic carbocycles. The first-order valence-electron chi connectivity index (χ1n) is 8.65. The van der Waals surface area contributed by atoms with Crippen molar-refractivity contribution in [2.45, 2.75) is 61.3 Å².